The normalized spacial score (nSPS) is 11.7. The number of carbonyl (C=O) groups is 3. The van der Waals surface area contributed by atoms with Crippen LogP contribution < -0.4 is 11.5 Å². The lowest BCUT2D eigenvalue weighted by molar-refractivity contribution is -0.385. The molecule has 1 atom stereocenters. The van der Waals surface area contributed by atoms with Gasteiger partial charge < -0.3 is 21.7 Å². The Morgan fingerprint density at radius 2 is 1.82 bits per heavy atom. The van der Waals surface area contributed by atoms with E-state index in [1.54, 1.807) is 0 Å². The molecular formula is C12H13N3O7. The lowest BCUT2D eigenvalue weighted by Crippen LogP contribution is -2.30. The van der Waals surface area contributed by atoms with Crippen LogP contribution in [-0.4, -0.2) is 38.9 Å². The Labute approximate surface area is 123 Å². The molecule has 0 fully saturated rings. The van der Waals surface area contributed by atoms with Crippen LogP contribution in [0.15, 0.2) is 12.1 Å². The fraction of sp³-hybridized carbons (Fsp3) is 0.250. The van der Waals surface area contributed by atoms with Gasteiger partial charge in [0.05, 0.1) is 10.5 Å². The number of aliphatic carboxylic acids is 1. The Kier molecular flexibility index (Phi) is 5.13. The van der Waals surface area contributed by atoms with E-state index in [0.29, 0.717) is 0 Å². The van der Waals surface area contributed by atoms with E-state index in [-0.39, 0.29) is 12.1 Å². The number of nitro benzene ring substituents is 1. The van der Waals surface area contributed by atoms with Crippen LogP contribution in [0.4, 0.5) is 11.4 Å². The standard InChI is InChI=1S/C12H13N3O7/c13-5-1-3-7(15(21)22)10(12(19)20)9(5)8(16)4-2-6(14)11(17)18/h1,3,6H,2,4,13-14H2,(H,17,18)(H,19,20). The monoisotopic (exact) mass is 311 g/mol. The SMILES string of the molecule is Nc1ccc([N+](=O)[O-])c(C(=O)O)c1C(=O)CCC(N)C(=O)O. The van der Waals surface area contributed by atoms with Gasteiger partial charge in [0.2, 0.25) is 0 Å². The Morgan fingerprint density at radius 1 is 1.23 bits per heavy atom. The number of anilines is 1. The third-order valence-electron chi connectivity index (χ3n) is 2.90. The van der Waals surface area contributed by atoms with Crippen molar-refractivity contribution in [2.45, 2.75) is 18.9 Å². The number of Topliss-reactive ketones (excluding diaryl/α,β-unsaturated/α-hetero) is 1. The maximum Gasteiger partial charge on any atom is 0.343 e. The van der Waals surface area contributed by atoms with Gasteiger partial charge in [-0.3, -0.25) is 19.7 Å². The molecule has 6 N–H and O–H groups in total. The fourth-order valence-electron chi connectivity index (χ4n) is 1.81. The van der Waals surface area contributed by atoms with E-state index in [9.17, 15) is 24.5 Å². The summed E-state index contributed by atoms with van der Waals surface area (Å²) in [4.78, 5) is 43.8. The number of nitro groups is 1. The summed E-state index contributed by atoms with van der Waals surface area (Å²) in [6.45, 7) is 0. The summed E-state index contributed by atoms with van der Waals surface area (Å²) in [6, 6.07) is 0.630. The van der Waals surface area contributed by atoms with Gasteiger partial charge in [-0.1, -0.05) is 0 Å². The minimum Gasteiger partial charge on any atom is -0.480 e. The molecule has 0 saturated heterocycles. The Hall–Kier alpha value is -3.01. The molecule has 1 aromatic rings. The summed E-state index contributed by atoms with van der Waals surface area (Å²) in [5, 5.41) is 28.6. The molecule has 22 heavy (non-hydrogen) atoms. The average Bonchev–Trinajstić information content (AvgIpc) is 2.43. The number of aromatic carboxylic acids is 1. The van der Waals surface area contributed by atoms with Crippen LogP contribution in [0.1, 0.15) is 33.6 Å². The third-order valence-corrected chi connectivity index (χ3v) is 2.90. The molecule has 0 bridgehead atoms. The summed E-state index contributed by atoms with van der Waals surface area (Å²) in [6.07, 6.45) is -0.658. The van der Waals surface area contributed by atoms with Crippen LogP contribution in [0, 0.1) is 10.1 Å². The van der Waals surface area contributed by atoms with Gasteiger partial charge in [0.15, 0.2) is 5.78 Å². The maximum absolute atomic E-state index is 12.1. The Balaban J connectivity index is 3.25. The zero-order valence-electron chi connectivity index (χ0n) is 11.2. The molecule has 0 spiro atoms. The largest absolute Gasteiger partial charge is 0.480 e. The van der Waals surface area contributed by atoms with Crippen molar-refractivity contribution < 1.29 is 29.5 Å². The van der Waals surface area contributed by atoms with Crippen LogP contribution in [-0.2, 0) is 4.79 Å². The first kappa shape index (κ1) is 17.0. The number of rotatable bonds is 7. The molecule has 1 aromatic carbocycles. The molecule has 0 aliphatic carbocycles. The summed E-state index contributed by atoms with van der Waals surface area (Å²) in [7, 11) is 0. The van der Waals surface area contributed by atoms with Gasteiger partial charge in [-0.2, -0.15) is 0 Å². The molecule has 0 heterocycles. The molecular weight excluding hydrogens is 298 g/mol. The third kappa shape index (κ3) is 3.55. The highest BCUT2D eigenvalue weighted by molar-refractivity contribution is 6.11. The van der Waals surface area contributed by atoms with Gasteiger partial charge in [0.1, 0.15) is 11.6 Å². The van der Waals surface area contributed by atoms with E-state index in [1.165, 1.54) is 0 Å². The molecule has 0 aliphatic heterocycles. The second kappa shape index (κ2) is 6.63. The summed E-state index contributed by atoms with van der Waals surface area (Å²) in [5.74, 6) is -3.82. The molecule has 10 heteroatoms. The second-order valence-electron chi connectivity index (χ2n) is 4.39. The molecule has 1 rings (SSSR count). The number of benzene rings is 1. The first-order valence-electron chi connectivity index (χ1n) is 5.98. The molecule has 10 nitrogen and oxygen atoms in total. The number of ketones is 1. The number of hydrogen-bond donors (Lipinski definition) is 4. The highest BCUT2D eigenvalue weighted by Crippen LogP contribution is 2.28. The van der Waals surface area contributed by atoms with Crippen LogP contribution in [0.2, 0.25) is 0 Å². The van der Waals surface area contributed by atoms with E-state index in [1.807, 2.05) is 0 Å². The summed E-state index contributed by atoms with van der Waals surface area (Å²) < 4.78 is 0. The summed E-state index contributed by atoms with van der Waals surface area (Å²) >= 11 is 0. The number of nitrogens with zero attached hydrogens (tertiary/aromatic N) is 1. The van der Waals surface area contributed by atoms with Crippen LogP contribution in [0.25, 0.3) is 0 Å². The molecule has 118 valence electrons. The van der Waals surface area contributed by atoms with Crippen molar-refractivity contribution >= 4 is 29.1 Å². The highest BCUT2D eigenvalue weighted by atomic mass is 16.6. The maximum atomic E-state index is 12.1. The zero-order chi connectivity index (χ0) is 17.0. The lowest BCUT2D eigenvalue weighted by atomic mass is 9.96. The minimum absolute atomic E-state index is 0.239. The molecule has 0 aliphatic rings. The predicted molar refractivity (Wildman–Crippen MR) is 73.6 cm³/mol. The number of carboxylic acid groups (broad SMARTS) is 2. The average molecular weight is 311 g/mol. The van der Waals surface area contributed by atoms with E-state index < -0.39 is 51.9 Å². The van der Waals surface area contributed by atoms with Crippen LogP contribution >= 0.6 is 0 Å². The Morgan fingerprint density at radius 3 is 2.27 bits per heavy atom. The van der Waals surface area contributed by atoms with E-state index in [4.69, 9.17) is 21.7 Å². The van der Waals surface area contributed by atoms with Gasteiger partial charge in [0.25, 0.3) is 5.69 Å². The number of carboxylic acids is 2. The zero-order valence-corrected chi connectivity index (χ0v) is 11.2. The number of nitrogen functional groups attached to an aromatic ring is 1. The van der Waals surface area contributed by atoms with Crippen molar-refractivity contribution in [2.75, 3.05) is 5.73 Å². The van der Waals surface area contributed by atoms with Crippen molar-refractivity contribution in [2.24, 2.45) is 5.73 Å². The summed E-state index contributed by atoms with van der Waals surface area (Å²) in [5.41, 5.74) is 8.45. The smallest absolute Gasteiger partial charge is 0.343 e. The van der Waals surface area contributed by atoms with Gasteiger partial charge >= 0.3 is 11.9 Å². The van der Waals surface area contributed by atoms with Crippen LogP contribution in [0.3, 0.4) is 0 Å². The van der Waals surface area contributed by atoms with Gasteiger partial charge in [-0.25, -0.2) is 4.79 Å². The fourth-order valence-corrected chi connectivity index (χ4v) is 1.81. The van der Waals surface area contributed by atoms with E-state index in [0.717, 1.165) is 12.1 Å². The number of carbonyl (C=O) groups excluding carboxylic acids is 1. The van der Waals surface area contributed by atoms with E-state index in [2.05, 4.69) is 0 Å². The minimum atomic E-state index is -1.68. The van der Waals surface area contributed by atoms with Crippen molar-refractivity contribution in [3.8, 4) is 0 Å². The first-order chi connectivity index (χ1) is 10.2. The highest BCUT2D eigenvalue weighted by Gasteiger charge is 2.29. The van der Waals surface area contributed by atoms with Crippen molar-refractivity contribution in [3.05, 3.63) is 33.4 Å². The molecule has 0 radical (unpaired) electrons. The van der Waals surface area contributed by atoms with Crippen molar-refractivity contribution in [1.82, 2.24) is 0 Å². The second-order valence-corrected chi connectivity index (χ2v) is 4.39. The molecule has 0 aromatic heterocycles. The predicted octanol–water partition coefficient (Wildman–Crippen LogP) is 0.250. The number of hydrogen-bond acceptors (Lipinski definition) is 7. The lowest BCUT2D eigenvalue weighted by Gasteiger charge is -2.10. The van der Waals surface area contributed by atoms with Crippen molar-refractivity contribution in [1.29, 1.82) is 0 Å². The van der Waals surface area contributed by atoms with E-state index >= 15 is 0 Å². The van der Waals surface area contributed by atoms with Gasteiger partial charge in [0, 0.05) is 18.2 Å². The van der Waals surface area contributed by atoms with Crippen molar-refractivity contribution in [3.63, 3.8) is 0 Å². The first-order valence-corrected chi connectivity index (χ1v) is 5.98. The number of nitrogens with two attached hydrogens (primary N) is 2. The Bertz CT molecular complexity index is 656. The molecule has 1 unspecified atom stereocenters. The topological polar surface area (TPSA) is 187 Å². The van der Waals surface area contributed by atoms with Crippen LogP contribution in [0.5, 0.6) is 0 Å². The molecule has 0 saturated carbocycles. The van der Waals surface area contributed by atoms with Gasteiger partial charge in [-0.15, -0.1) is 0 Å². The van der Waals surface area contributed by atoms with Gasteiger partial charge in [-0.05, 0) is 12.5 Å². The quantitative estimate of drug-likeness (QED) is 0.237. The molecule has 0 amide bonds.